The van der Waals surface area contributed by atoms with E-state index in [0.29, 0.717) is 22.3 Å². The van der Waals surface area contributed by atoms with E-state index >= 15 is 0 Å². The van der Waals surface area contributed by atoms with Crippen LogP contribution in [0, 0.1) is 5.92 Å². The van der Waals surface area contributed by atoms with Crippen LogP contribution in [-0.2, 0) is 9.59 Å². The molecule has 2 fully saturated rings. The van der Waals surface area contributed by atoms with Gasteiger partial charge >= 0.3 is 0 Å². The number of anilines is 1. The fourth-order valence-electron chi connectivity index (χ4n) is 2.92. The number of hydrogen-bond acceptors (Lipinski definition) is 3. The van der Waals surface area contributed by atoms with E-state index in [1.807, 2.05) is 0 Å². The second-order valence-electron chi connectivity index (χ2n) is 5.73. The van der Waals surface area contributed by atoms with Gasteiger partial charge in [0.2, 0.25) is 11.8 Å². The maximum absolute atomic E-state index is 12.3. The Labute approximate surface area is 138 Å². The van der Waals surface area contributed by atoms with Crippen molar-refractivity contribution < 1.29 is 9.59 Å². The molecule has 2 saturated heterocycles. The highest BCUT2D eigenvalue weighted by Crippen LogP contribution is 2.30. The quantitative estimate of drug-likeness (QED) is 0.881. The third-order valence-corrected chi connectivity index (χ3v) is 4.50. The molecule has 0 radical (unpaired) electrons. The topological polar surface area (TPSA) is 61.4 Å². The lowest BCUT2D eigenvalue weighted by Gasteiger charge is -2.18. The van der Waals surface area contributed by atoms with Gasteiger partial charge < -0.3 is 15.5 Å². The van der Waals surface area contributed by atoms with Crippen LogP contribution >= 0.6 is 23.2 Å². The van der Waals surface area contributed by atoms with Gasteiger partial charge in [0.15, 0.2) is 0 Å². The summed E-state index contributed by atoms with van der Waals surface area (Å²) < 4.78 is 0. The van der Waals surface area contributed by atoms with Gasteiger partial charge in [0.05, 0.1) is 5.92 Å². The van der Waals surface area contributed by atoms with E-state index in [-0.39, 0.29) is 30.2 Å². The number of carbonyl (C=O) groups excluding carboxylic acids is 2. The summed E-state index contributed by atoms with van der Waals surface area (Å²) in [7, 11) is 0. The highest BCUT2D eigenvalue weighted by atomic mass is 35.5. The van der Waals surface area contributed by atoms with Gasteiger partial charge in [-0.25, -0.2) is 0 Å². The number of nitrogens with zero attached hydrogens (tertiary/aromatic N) is 1. The van der Waals surface area contributed by atoms with E-state index in [4.69, 9.17) is 23.2 Å². The molecule has 0 spiro atoms. The predicted octanol–water partition coefficient (Wildman–Crippen LogP) is 1.82. The van der Waals surface area contributed by atoms with Gasteiger partial charge in [-0.3, -0.25) is 9.59 Å². The van der Waals surface area contributed by atoms with Crippen LogP contribution in [0.5, 0.6) is 0 Å². The van der Waals surface area contributed by atoms with Crippen LogP contribution in [0.3, 0.4) is 0 Å². The number of amides is 2. The Morgan fingerprint density at radius 3 is 2.64 bits per heavy atom. The average molecular weight is 342 g/mol. The summed E-state index contributed by atoms with van der Waals surface area (Å²) in [5.41, 5.74) is 0.639. The van der Waals surface area contributed by atoms with Gasteiger partial charge in [-0.1, -0.05) is 23.2 Å². The van der Waals surface area contributed by atoms with Gasteiger partial charge in [0.25, 0.3) is 0 Å². The van der Waals surface area contributed by atoms with Crippen molar-refractivity contribution in [3.8, 4) is 0 Å². The van der Waals surface area contributed by atoms with E-state index in [2.05, 4.69) is 10.6 Å². The minimum atomic E-state index is -0.328. The Morgan fingerprint density at radius 2 is 2.00 bits per heavy atom. The third kappa shape index (κ3) is 3.37. The standard InChI is InChI=1S/C15H17Cl2N3O2/c16-10-4-11(17)6-13(5-10)20-8-9(3-14(20)21)15(22)19-12-1-2-18-7-12/h4-6,9,12,18H,1-3,7-8H2,(H,19,22). The molecule has 1 aromatic carbocycles. The van der Waals surface area contributed by atoms with Crippen molar-refractivity contribution in [2.24, 2.45) is 5.92 Å². The Balaban J connectivity index is 1.68. The fraction of sp³-hybridized carbons (Fsp3) is 0.467. The number of carbonyl (C=O) groups is 2. The second kappa shape index (κ2) is 6.44. The molecule has 2 unspecified atom stereocenters. The van der Waals surface area contributed by atoms with Crippen molar-refractivity contribution in [2.45, 2.75) is 18.9 Å². The molecule has 0 bridgehead atoms. The Morgan fingerprint density at radius 1 is 1.27 bits per heavy atom. The van der Waals surface area contributed by atoms with Crippen LogP contribution in [-0.4, -0.2) is 37.5 Å². The summed E-state index contributed by atoms with van der Waals surface area (Å²) in [6, 6.07) is 5.15. The Bertz CT molecular complexity index is 582. The van der Waals surface area contributed by atoms with E-state index < -0.39 is 0 Å². The van der Waals surface area contributed by atoms with E-state index in [9.17, 15) is 9.59 Å². The van der Waals surface area contributed by atoms with Gasteiger partial charge in [-0.05, 0) is 31.2 Å². The van der Waals surface area contributed by atoms with Gasteiger partial charge in [-0.15, -0.1) is 0 Å². The zero-order valence-corrected chi connectivity index (χ0v) is 13.5. The molecule has 2 amide bonds. The minimum Gasteiger partial charge on any atom is -0.352 e. The molecule has 0 aliphatic carbocycles. The largest absolute Gasteiger partial charge is 0.352 e. The molecule has 0 saturated carbocycles. The minimum absolute atomic E-state index is 0.0577. The van der Waals surface area contributed by atoms with Crippen molar-refractivity contribution in [1.82, 2.24) is 10.6 Å². The van der Waals surface area contributed by atoms with E-state index in [1.54, 1.807) is 23.1 Å². The average Bonchev–Trinajstić information content (AvgIpc) is 3.07. The van der Waals surface area contributed by atoms with E-state index in [0.717, 1.165) is 19.5 Å². The van der Waals surface area contributed by atoms with Crippen LogP contribution in [0.1, 0.15) is 12.8 Å². The number of rotatable bonds is 3. The molecular weight excluding hydrogens is 325 g/mol. The van der Waals surface area contributed by atoms with Crippen molar-refractivity contribution >= 4 is 40.7 Å². The molecule has 22 heavy (non-hydrogen) atoms. The Kier molecular flexibility index (Phi) is 4.57. The lowest BCUT2D eigenvalue weighted by atomic mass is 10.1. The summed E-state index contributed by atoms with van der Waals surface area (Å²) >= 11 is 12.0. The summed E-state index contributed by atoms with van der Waals surface area (Å²) in [4.78, 5) is 26.1. The zero-order chi connectivity index (χ0) is 15.7. The predicted molar refractivity (Wildman–Crippen MR) is 86.3 cm³/mol. The first-order valence-corrected chi connectivity index (χ1v) is 8.06. The van der Waals surface area contributed by atoms with Gasteiger partial charge in [0.1, 0.15) is 0 Å². The van der Waals surface area contributed by atoms with Crippen molar-refractivity contribution in [2.75, 3.05) is 24.5 Å². The number of hydrogen-bond donors (Lipinski definition) is 2. The summed E-state index contributed by atoms with van der Waals surface area (Å²) in [6.45, 7) is 2.07. The summed E-state index contributed by atoms with van der Waals surface area (Å²) in [5.74, 6) is -0.466. The molecule has 2 N–H and O–H groups in total. The SMILES string of the molecule is O=C(NC1CCNC1)C1CC(=O)N(c2cc(Cl)cc(Cl)c2)C1. The molecule has 1 aromatic rings. The van der Waals surface area contributed by atoms with Gasteiger partial charge in [-0.2, -0.15) is 0 Å². The number of benzene rings is 1. The molecule has 5 nitrogen and oxygen atoms in total. The molecule has 7 heteroatoms. The second-order valence-corrected chi connectivity index (χ2v) is 6.60. The first-order chi connectivity index (χ1) is 10.5. The summed E-state index contributed by atoms with van der Waals surface area (Å²) in [6.07, 6.45) is 1.15. The van der Waals surface area contributed by atoms with Crippen molar-refractivity contribution in [3.05, 3.63) is 28.2 Å². The summed E-state index contributed by atoms with van der Waals surface area (Å²) in [5, 5.41) is 7.15. The maximum atomic E-state index is 12.3. The lowest BCUT2D eigenvalue weighted by Crippen LogP contribution is -2.40. The Hall–Kier alpha value is -1.30. The molecule has 2 heterocycles. The molecule has 2 atom stereocenters. The molecule has 2 aliphatic rings. The monoisotopic (exact) mass is 341 g/mol. The highest BCUT2D eigenvalue weighted by Gasteiger charge is 2.36. The molecular formula is C15H17Cl2N3O2. The third-order valence-electron chi connectivity index (χ3n) is 4.06. The fourth-order valence-corrected chi connectivity index (χ4v) is 3.44. The molecule has 2 aliphatic heterocycles. The lowest BCUT2D eigenvalue weighted by molar-refractivity contribution is -0.126. The first-order valence-electron chi connectivity index (χ1n) is 7.30. The normalized spacial score (nSPS) is 24.8. The maximum Gasteiger partial charge on any atom is 0.227 e. The highest BCUT2D eigenvalue weighted by molar-refractivity contribution is 6.35. The van der Waals surface area contributed by atoms with Gasteiger partial charge in [0, 0.05) is 41.3 Å². The number of halogens is 2. The van der Waals surface area contributed by atoms with Crippen LogP contribution < -0.4 is 15.5 Å². The van der Waals surface area contributed by atoms with Crippen molar-refractivity contribution in [3.63, 3.8) is 0 Å². The number of nitrogens with one attached hydrogen (secondary N) is 2. The van der Waals surface area contributed by atoms with E-state index in [1.165, 1.54) is 0 Å². The van der Waals surface area contributed by atoms with Crippen molar-refractivity contribution in [1.29, 1.82) is 0 Å². The van der Waals surface area contributed by atoms with Crippen LogP contribution in [0.15, 0.2) is 18.2 Å². The molecule has 0 aromatic heterocycles. The van der Waals surface area contributed by atoms with Crippen LogP contribution in [0.4, 0.5) is 5.69 Å². The first kappa shape index (κ1) is 15.6. The molecule has 3 rings (SSSR count). The van der Waals surface area contributed by atoms with Crippen LogP contribution in [0.2, 0.25) is 10.0 Å². The zero-order valence-electron chi connectivity index (χ0n) is 11.9. The smallest absolute Gasteiger partial charge is 0.227 e. The van der Waals surface area contributed by atoms with Crippen LogP contribution in [0.25, 0.3) is 0 Å². The molecule has 118 valence electrons.